The molecule has 1 saturated heterocycles. The average molecular weight is 234 g/mol. The molecule has 1 aliphatic rings. The highest BCUT2D eigenvalue weighted by Crippen LogP contribution is 2.25. The fourth-order valence-corrected chi connectivity index (χ4v) is 2.51. The molecule has 0 atom stereocenters. The molecular weight excluding hydrogens is 212 g/mol. The second-order valence-electron chi connectivity index (χ2n) is 4.64. The van der Waals surface area contributed by atoms with E-state index in [1.54, 1.807) is 7.11 Å². The first kappa shape index (κ1) is 12.4. The van der Waals surface area contributed by atoms with Gasteiger partial charge < -0.3 is 10.5 Å². The molecule has 0 unspecified atom stereocenters. The van der Waals surface area contributed by atoms with Crippen LogP contribution in [0.15, 0.2) is 18.2 Å². The molecule has 2 N–H and O–H groups in total. The van der Waals surface area contributed by atoms with Gasteiger partial charge in [0.2, 0.25) is 0 Å². The van der Waals surface area contributed by atoms with Crippen molar-refractivity contribution in [3.63, 3.8) is 0 Å². The lowest BCUT2D eigenvalue weighted by atomic mass is 10.0. The Labute approximate surface area is 104 Å². The van der Waals surface area contributed by atoms with E-state index in [0.29, 0.717) is 6.54 Å². The van der Waals surface area contributed by atoms with E-state index in [4.69, 9.17) is 10.5 Å². The van der Waals surface area contributed by atoms with Gasteiger partial charge in [0, 0.05) is 18.7 Å². The Balaban J connectivity index is 2.16. The zero-order valence-electron chi connectivity index (χ0n) is 10.6. The number of ether oxygens (including phenoxy) is 1. The van der Waals surface area contributed by atoms with Crippen LogP contribution in [0, 0.1) is 0 Å². The molecule has 1 heterocycles. The summed E-state index contributed by atoms with van der Waals surface area (Å²) in [6.45, 7) is 3.95. The molecule has 1 aliphatic heterocycles. The molecule has 0 spiro atoms. The predicted octanol–water partition coefficient (Wildman–Crippen LogP) is 2.14. The predicted molar refractivity (Wildman–Crippen MR) is 70.0 cm³/mol. The van der Waals surface area contributed by atoms with Gasteiger partial charge in [0.15, 0.2) is 0 Å². The van der Waals surface area contributed by atoms with Gasteiger partial charge in [0.1, 0.15) is 5.75 Å². The van der Waals surface area contributed by atoms with E-state index < -0.39 is 0 Å². The largest absolute Gasteiger partial charge is 0.496 e. The van der Waals surface area contributed by atoms with Crippen LogP contribution >= 0.6 is 0 Å². The van der Waals surface area contributed by atoms with E-state index in [1.165, 1.54) is 43.5 Å². The van der Waals surface area contributed by atoms with Crippen molar-refractivity contribution < 1.29 is 4.74 Å². The number of hydrogen-bond donors (Lipinski definition) is 1. The number of rotatable bonds is 4. The van der Waals surface area contributed by atoms with Gasteiger partial charge in [0.25, 0.3) is 0 Å². The molecule has 1 fully saturated rings. The quantitative estimate of drug-likeness (QED) is 0.867. The van der Waals surface area contributed by atoms with Crippen LogP contribution < -0.4 is 10.5 Å². The molecule has 3 heteroatoms. The van der Waals surface area contributed by atoms with Crippen LogP contribution in [0.25, 0.3) is 0 Å². The number of nitrogens with zero attached hydrogens (tertiary/aromatic N) is 1. The third kappa shape index (κ3) is 2.99. The SMILES string of the molecule is COc1cccc(CN)c1CN1CCCCC1. The van der Waals surface area contributed by atoms with Crippen LogP contribution in [0.4, 0.5) is 0 Å². The first-order valence-corrected chi connectivity index (χ1v) is 6.42. The Hall–Kier alpha value is -1.06. The third-order valence-electron chi connectivity index (χ3n) is 3.50. The number of piperidine rings is 1. The average Bonchev–Trinajstić information content (AvgIpc) is 2.40. The van der Waals surface area contributed by atoms with E-state index in [9.17, 15) is 0 Å². The number of benzene rings is 1. The Morgan fingerprint density at radius 1 is 1.24 bits per heavy atom. The zero-order valence-corrected chi connectivity index (χ0v) is 10.6. The number of methoxy groups -OCH3 is 1. The zero-order chi connectivity index (χ0) is 12.1. The van der Waals surface area contributed by atoms with Gasteiger partial charge in [-0.1, -0.05) is 18.6 Å². The summed E-state index contributed by atoms with van der Waals surface area (Å²) in [5.74, 6) is 0.971. The fourth-order valence-electron chi connectivity index (χ4n) is 2.51. The van der Waals surface area contributed by atoms with Crippen molar-refractivity contribution in [2.45, 2.75) is 32.4 Å². The smallest absolute Gasteiger partial charge is 0.123 e. The molecule has 2 rings (SSSR count). The minimum Gasteiger partial charge on any atom is -0.496 e. The maximum atomic E-state index is 5.81. The Morgan fingerprint density at radius 3 is 2.65 bits per heavy atom. The van der Waals surface area contributed by atoms with Crippen LogP contribution in [0.1, 0.15) is 30.4 Å². The number of hydrogen-bond acceptors (Lipinski definition) is 3. The first-order chi connectivity index (χ1) is 8.35. The van der Waals surface area contributed by atoms with Crippen LogP contribution in [0.5, 0.6) is 5.75 Å². The molecule has 0 saturated carbocycles. The van der Waals surface area contributed by atoms with Gasteiger partial charge >= 0.3 is 0 Å². The standard InChI is InChI=1S/C14H22N2O/c1-17-14-7-5-6-12(10-15)13(14)11-16-8-3-2-4-9-16/h5-7H,2-4,8-11,15H2,1H3. The summed E-state index contributed by atoms with van der Waals surface area (Å²) in [6, 6.07) is 6.14. The van der Waals surface area contributed by atoms with E-state index in [1.807, 2.05) is 12.1 Å². The maximum Gasteiger partial charge on any atom is 0.123 e. The molecule has 1 aromatic rings. The lowest BCUT2D eigenvalue weighted by Gasteiger charge is -2.28. The topological polar surface area (TPSA) is 38.5 Å². The molecule has 3 nitrogen and oxygen atoms in total. The summed E-state index contributed by atoms with van der Waals surface area (Å²) < 4.78 is 5.45. The second kappa shape index (κ2) is 6.03. The molecule has 0 aliphatic carbocycles. The lowest BCUT2D eigenvalue weighted by molar-refractivity contribution is 0.217. The molecule has 17 heavy (non-hydrogen) atoms. The number of nitrogens with two attached hydrogens (primary N) is 1. The molecule has 94 valence electrons. The van der Waals surface area contributed by atoms with Gasteiger partial charge in [-0.25, -0.2) is 0 Å². The molecule has 1 aromatic carbocycles. The van der Waals surface area contributed by atoms with Gasteiger partial charge in [-0.05, 0) is 37.6 Å². The van der Waals surface area contributed by atoms with Crippen molar-refractivity contribution in [2.75, 3.05) is 20.2 Å². The fraction of sp³-hybridized carbons (Fsp3) is 0.571. The van der Waals surface area contributed by atoms with Crippen LogP contribution in [0.2, 0.25) is 0 Å². The van der Waals surface area contributed by atoms with Gasteiger partial charge in [0.05, 0.1) is 7.11 Å². The van der Waals surface area contributed by atoms with Crippen molar-refractivity contribution in [3.8, 4) is 5.75 Å². The summed E-state index contributed by atoms with van der Waals surface area (Å²) in [5, 5.41) is 0. The van der Waals surface area contributed by atoms with Crippen molar-refractivity contribution in [1.29, 1.82) is 0 Å². The highest BCUT2D eigenvalue weighted by atomic mass is 16.5. The molecule has 0 aromatic heterocycles. The van der Waals surface area contributed by atoms with E-state index >= 15 is 0 Å². The summed E-state index contributed by atoms with van der Waals surface area (Å²) >= 11 is 0. The van der Waals surface area contributed by atoms with Gasteiger partial charge in [-0.3, -0.25) is 4.90 Å². The Kier molecular flexibility index (Phi) is 4.40. The van der Waals surface area contributed by atoms with Crippen molar-refractivity contribution in [2.24, 2.45) is 5.73 Å². The third-order valence-corrected chi connectivity index (χ3v) is 3.50. The Bertz CT molecular complexity index is 337. The molecule has 0 radical (unpaired) electrons. The Morgan fingerprint density at radius 2 is 2.00 bits per heavy atom. The van der Waals surface area contributed by atoms with Crippen LogP contribution in [0.3, 0.4) is 0 Å². The van der Waals surface area contributed by atoms with Crippen molar-refractivity contribution in [3.05, 3.63) is 29.3 Å². The van der Waals surface area contributed by atoms with Crippen molar-refractivity contribution in [1.82, 2.24) is 4.90 Å². The maximum absolute atomic E-state index is 5.81. The highest BCUT2D eigenvalue weighted by molar-refractivity contribution is 5.40. The highest BCUT2D eigenvalue weighted by Gasteiger charge is 2.15. The summed E-state index contributed by atoms with van der Waals surface area (Å²) in [5.41, 5.74) is 8.27. The van der Waals surface area contributed by atoms with Gasteiger partial charge in [-0.2, -0.15) is 0 Å². The monoisotopic (exact) mass is 234 g/mol. The normalized spacial score (nSPS) is 17.1. The minimum absolute atomic E-state index is 0.584. The van der Waals surface area contributed by atoms with E-state index in [-0.39, 0.29) is 0 Å². The summed E-state index contributed by atoms with van der Waals surface area (Å²) in [6.07, 6.45) is 3.99. The van der Waals surface area contributed by atoms with Crippen LogP contribution in [-0.2, 0) is 13.1 Å². The van der Waals surface area contributed by atoms with Crippen molar-refractivity contribution >= 4 is 0 Å². The second-order valence-corrected chi connectivity index (χ2v) is 4.64. The minimum atomic E-state index is 0.584. The summed E-state index contributed by atoms with van der Waals surface area (Å²) in [7, 11) is 1.73. The van der Waals surface area contributed by atoms with Gasteiger partial charge in [-0.15, -0.1) is 0 Å². The lowest BCUT2D eigenvalue weighted by Crippen LogP contribution is -2.29. The molecule has 0 bridgehead atoms. The first-order valence-electron chi connectivity index (χ1n) is 6.42. The van der Waals surface area contributed by atoms with E-state index in [0.717, 1.165) is 12.3 Å². The molecular formula is C14H22N2O. The van der Waals surface area contributed by atoms with E-state index in [2.05, 4.69) is 11.0 Å². The molecule has 0 amide bonds. The number of likely N-dealkylation sites (tertiary alicyclic amines) is 1. The summed E-state index contributed by atoms with van der Waals surface area (Å²) in [4.78, 5) is 2.50. The van der Waals surface area contributed by atoms with Crippen LogP contribution in [-0.4, -0.2) is 25.1 Å².